The van der Waals surface area contributed by atoms with Crippen LogP contribution in [-0.2, 0) is 6.42 Å². The van der Waals surface area contributed by atoms with E-state index in [1.54, 1.807) is 0 Å². The van der Waals surface area contributed by atoms with Gasteiger partial charge in [0.25, 0.3) is 0 Å². The molecule has 0 fully saturated rings. The summed E-state index contributed by atoms with van der Waals surface area (Å²) in [7, 11) is 0. The number of hydrogen-bond donors (Lipinski definition) is 1. The minimum atomic E-state index is 0.583. The smallest absolute Gasteiger partial charge is 0.00104 e. The van der Waals surface area contributed by atoms with Gasteiger partial charge in [-0.3, -0.25) is 0 Å². The predicted molar refractivity (Wildman–Crippen MR) is 90.2 cm³/mol. The summed E-state index contributed by atoms with van der Waals surface area (Å²) in [4.78, 5) is 0. The monoisotopic (exact) mass is 275 g/mol. The first-order valence-corrected chi connectivity index (χ1v) is 8.27. The third-order valence-electron chi connectivity index (χ3n) is 3.98. The average Bonchev–Trinajstić information content (AvgIpc) is 2.37. The molecule has 0 amide bonds. The number of rotatable bonds is 9. The summed E-state index contributed by atoms with van der Waals surface area (Å²) < 4.78 is 0. The first kappa shape index (κ1) is 17.2. The summed E-state index contributed by atoms with van der Waals surface area (Å²) in [5.74, 6) is 1.59. The van der Waals surface area contributed by atoms with Gasteiger partial charge >= 0.3 is 0 Å². The van der Waals surface area contributed by atoms with Gasteiger partial charge in [-0.05, 0) is 49.3 Å². The Labute approximate surface area is 126 Å². The quantitative estimate of drug-likeness (QED) is 0.670. The van der Waals surface area contributed by atoms with Crippen LogP contribution in [0.15, 0.2) is 24.3 Å². The van der Waals surface area contributed by atoms with Crippen molar-refractivity contribution in [1.82, 2.24) is 5.32 Å². The van der Waals surface area contributed by atoms with Crippen molar-refractivity contribution in [2.75, 3.05) is 6.54 Å². The van der Waals surface area contributed by atoms with Crippen LogP contribution in [-0.4, -0.2) is 12.6 Å². The van der Waals surface area contributed by atoms with Crippen molar-refractivity contribution in [2.45, 2.75) is 66.3 Å². The van der Waals surface area contributed by atoms with Crippen molar-refractivity contribution in [3.8, 4) is 0 Å². The molecule has 1 heteroatoms. The van der Waals surface area contributed by atoms with Gasteiger partial charge in [-0.15, -0.1) is 0 Å². The van der Waals surface area contributed by atoms with Crippen LogP contribution in [0, 0.1) is 18.8 Å². The van der Waals surface area contributed by atoms with E-state index in [9.17, 15) is 0 Å². The van der Waals surface area contributed by atoms with Crippen LogP contribution in [0.1, 0.15) is 58.1 Å². The molecule has 0 heterocycles. The van der Waals surface area contributed by atoms with Gasteiger partial charge in [0.15, 0.2) is 0 Å². The second kappa shape index (κ2) is 9.18. The Morgan fingerprint density at radius 3 is 2.30 bits per heavy atom. The van der Waals surface area contributed by atoms with Crippen LogP contribution in [0.4, 0.5) is 0 Å². The summed E-state index contributed by atoms with van der Waals surface area (Å²) in [6.45, 7) is 12.5. The molecule has 0 aliphatic heterocycles. The second-order valence-electron chi connectivity index (χ2n) is 6.88. The zero-order chi connectivity index (χ0) is 15.0. The molecule has 0 aromatic heterocycles. The lowest BCUT2D eigenvalue weighted by atomic mass is 9.90. The van der Waals surface area contributed by atoms with E-state index in [-0.39, 0.29) is 0 Å². The molecule has 20 heavy (non-hydrogen) atoms. The average molecular weight is 275 g/mol. The number of hydrogen-bond acceptors (Lipinski definition) is 1. The molecule has 0 saturated heterocycles. The van der Waals surface area contributed by atoms with Crippen molar-refractivity contribution in [3.63, 3.8) is 0 Å². The Bertz CT molecular complexity index is 368. The summed E-state index contributed by atoms with van der Waals surface area (Å²) in [6.07, 6.45) is 5.26. The number of aryl methyl sites for hydroxylation is 1. The van der Waals surface area contributed by atoms with Crippen LogP contribution >= 0.6 is 0 Å². The van der Waals surface area contributed by atoms with Gasteiger partial charge in [-0.2, -0.15) is 0 Å². The molecule has 1 unspecified atom stereocenters. The van der Waals surface area contributed by atoms with E-state index in [2.05, 4.69) is 64.2 Å². The summed E-state index contributed by atoms with van der Waals surface area (Å²) in [6, 6.07) is 9.42. The zero-order valence-corrected chi connectivity index (χ0v) is 14.1. The van der Waals surface area contributed by atoms with E-state index >= 15 is 0 Å². The molecule has 1 N–H and O–H groups in total. The van der Waals surface area contributed by atoms with Crippen molar-refractivity contribution in [2.24, 2.45) is 11.8 Å². The Morgan fingerprint density at radius 1 is 1.00 bits per heavy atom. The number of nitrogens with one attached hydrogen (secondary N) is 1. The normalized spacial score (nSPS) is 13.2. The Kier molecular flexibility index (Phi) is 7.91. The van der Waals surface area contributed by atoms with Crippen molar-refractivity contribution in [3.05, 3.63) is 35.4 Å². The molecule has 1 aromatic carbocycles. The Balaban J connectivity index is 2.54. The lowest BCUT2D eigenvalue weighted by Crippen LogP contribution is -2.30. The fraction of sp³-hybridized carbons (Fsp3) is 0.684. The molecule has 1 aromatic rings. The summed E-state index contributed by atoms with van der Waals surface area (Å²) >= 11 is 0. The summed E-state index contributed by atoms with van der Waals surface area (Å²) in [5.41, 5.74) is 2.96. The van der Waals surface area contributed by atoms with E-state index in [0.29, 0.717) is 6.04 Å². The third-order valence-corrected chi connectivity index (χ3v) is 3.98. The molecular weight excluding hydrogens is 242 g/mol. The van der Waals surface area contributed by atoms with Crippen LogP contribution in [0.25, 0.3) is 0 Å². The van der Waals surface area contributed by atoms with E-state index in [1.165, 1.54) is 36.8 Å². The Morgan fingerprint density at radius 2 is 1.70 bits per heavy atom. The van der Waals surface area contributed by atoms with Crippen molar-refractivity contribution in [1.29, 1.82) is 0 Å². The first-order chi connectivity index (χ1) is 9.49. The topological polar surface area (TPSA) is 12.0 Å². The molecular formula is C19H33N. The lowest BCUT2D eigenvalue weighted by molar-refractivity contribution is 0.393. The molecule has 1 nitrogen and oxygen atoms in total. The van der Waals surface area contributed by atoms with Crippen molar-refractivity contribution >= 4 is 0 Å². The van der Waals surface area contributed by atoms with Crippen molar-refractivity contribution < 1.29 is 0 Å². The second-order valence-corrected chi connectivity index (χ2v) is 6.88. The fourth-order valence-corrected chi connectivity index (χ4v) is 2.64. The van der Waals surface area contributed by atoms with Gasteiger partial charge in [-0.1, -0.05) is 64.8 Å². The molecule has 114 valence electrons. The van der Waals surface area contributed by atoms with Gasteiger partial charge in [0.2, 0.25) is 0 Å². The highest BCUT2D eigenvalue weighted by molar-refractivity contribution is 5.25. The molecule has 0 aliphatic rings. The largest absolute Gasteiger partial charge is 0.314 e. The van der Waals surface area contributed by atoms with E-state index in [4.69, 9.17) is 0 Å². The van der Waals surface area contributed by atoms with Gasteiger partial charge in [0, 0.05) is 6.04 Å². The van der Waals surface area contributed by atoms with E-state index < -0.39 is 0 Å². The van der Waals surface area contributed by atoms with Crippen LogP contribution in [0.3, 0.4) is 0 Å². The molecule has 0 radical (unpaired) electrons. The zero-order valence-electron chi connectivity index (χ0n) is 14.1. The maximum absolute atomic E-state index is 3.62. The third kappa shape index (κ3) is 7.09. The first-order valence-electron chi connectivity index (χ1n) is 8.27. The lowest BCUT2D eigenvalue weighted by Gasteiger charge is -2.21. The minimum absolute atomic E-state index is 0.583. The van der Waals surface area contributed by atoms with Gasteiger partial charge < -0.3 is 5.32 Å². The van der Waals surface area contributed by atoms with E-state index in [1.807, 2.05) is 0 Å². The molecule has 0 spiro atoms. The van der Waals surface area contributed by atoms with Gasteiger partial charge in [0.1, 0.15) is 0 Å². The van der Waals surface area contributed by atoms with Crippen LogP contribution in [0.2, 0.25) is 0 Å². The minimum Gasteiger partial charge on any atom is -0.314 e. The van der Waals surface area contributed by atoms with Gasteiger partial charge in [0.05, 0.1) is 0 Å². The molecule has 0 bridgehead atoms. The van der Waals surface area contributed by atoms with E-state index in [0.717, 1.165) is 18.4 Å². The maximum atomic E-state index is 3.62. The van der Waals surface area contributed by atoms with Gasteiger partial charge in [-0.25, -0.2) is 0 Å². The highest BCUT2D eigenvalue weighted by atomic mass is 14.9. The predicted octanol–water partition coefficient (Wildman–Crippen LogP) is 4.98. The fourth-order valence-electron chi connectivity index (χ4n) is 2.64. The molecule has 0 aliphatic carbocycles. The standard InChI is InChI=1S/C19H33N/c1-15(2)9-8-11-18(14-20-16(3)4)13-19-12-7-6-10-17(19)5/h6-7,10,12,15-16,18,20H,8-9,11,13-14H2,1-5H3. The maximum Gasteiger partial charge on any atom is 0.00104 e. The SMILES string of the molecule is Cc1ccccc1CC(CCCC(C)C)CNC(C)C. The molecule has 0 saturated carbocycles. The van der Waals surface area contributed by atoms with Crippen LogP contribution < -0.4 is 5.32 Å². The number of benzene rings is 1. The highest BCUT2D eigenvalue weighted by Crippen LogP contribution is 2.19. The van der Waals surface area contributed by atoms with Crippen LogP contribution in [0.5, 0.6) is 0 Å². The Hall–Kier alpha value is -0.820. The molecule has 1 rings (SSSR count). The molecule has 1 atom stereocenters. The highest BCUT2D eigenvalue weighted by Gasteiger charge is 2.12. The summed E-state index contributed by atoms with van der Waals surface area (Å²) in [5, 5.41) is 3.62.